The first-order valence-electron chi connectivity index (χ1n) is 7.07. The van der Waals surface area contributed by atoms with Crippen LogP contribution in [-0.4, -0.2) is 18.2 Å². The van der Waals surface area contributed by atoms with Gasteiger partial charge in [-0.15, -0.1) is 0 Å². The fourth-order valence-electron chi connectivity index (χ4n) is 1.90. The maximum atomic E-state index is 10.1. The summed E-state index contributed by atoms with van der Waals surface area (Å²) in [6, 6.07) is 9.43. The normalized spacial score (nSPS) is 10.3. The first-order valence-corrected chi connectivity index (χ1v) is 7.07. The Morgan fingerprint density at radius 2 is 2.05 bits per heavy atom. The first-order chi connectivity index (χ1) is 10.3. The van der Waals surface area contributed by atoms with Gasteiger partial charge < -0.3 is 14.0 Å². The lowest BCUT2D eigenvalue weighted by Crippen LogP contribution is -1.96. The van der Waals surface area contributed by atoms with Crippen LogP contribution in [0.5, 0.6) is 5.75 Å². The highest BCUT2D eigenvalue weighted by molar-refractivity contribution is 5.59. The number of ether oxygens (including phenoxy) is 2. The van der Waals surface area contributed by atoms with E-state index in [9.17, 15) is 4.79 Å². The largest absolute Gasteiger partial charge is 0.494 e. The Hall–Kier alpha value is -2.30. The molecule has 0 atom stereocenters. The van der Waals surface area contributed by atoms with Crippen LogP contribution in [0.25, 0.3) is 11.3 Å². The van der Waals surface area contributed by atoms with E-state index >= 15 is 0 Å². The van der Waals surface area contributed by atoms with E-state index in [4.69, 9.17) is 9.26 Å². The Bertz CT molecular complexity index is 548. The Labute approximate surface area is 123 Å². The van der Waals surface area contributed by atoms with Gasteiger partial charge in [-0.25, -0.2) is 0 Å². The smallest absolute Gasteiger partial charge is 0.293 e. The number of hydrogen-bond acceptors (Lipinski definition) is 5. The predicted molar refractivity (Wildman–Crippen MR) is 77.8 cm³/mol. The van der Waals surface area contributed by atoms with Gasteiger partial charge in [-0.2, -0.15) is 0 Å². The summed E-state index contributed by atoms with van der Waals surface area (Å²) in [6.07, 6.45) is 3.44. The van der Waals surface area contributed by atoms with Crippen molar-refractivity contribution >= 4 is 6.47 Å². The van der Waals surface area contributed by atoms with Crippen molar-refractivity contribution in [2.45, 2.75) is 32.8 Å². The molecule has 1 aromatic heterocycles. The lowest BCUT2D eigenvalue weighted by molar-refractivity contribution is -0.130. The van der Waals surface area contributed by atoms with Crippen LogP contribution in [0.15, 0.2) is 34.9 Å². The molecule has 0 aliphatic heterocycles. The molecule has 0 saturated carbocycles. The molecule has 2 rings (SSSR count). The lowest BCUT2D eigenvalue weighted by atomic mass is 10.1. The number of carbonyl (C=O) groups is 1. The Morgan fingerprint density at radius 1 is 1.24 bits per heavy atom. The molecule has 0 saturated heterocycles. The van der Waals surface area contributed by atoms with Crippen molar-refractivity contribution in [1.82, 2.24) is 5.16 Å². The van der Waals surface area contributed by atoms with Crippen molar-refractivity contribution < 1.29 is 18.8 Å². The molecule has 21 heavy (non-hydrogen) atoms. The van der Waals surface area contributed by atoms with E-state index in [1.807, 2.05) is 24.3 Å². The van der Waals surface area contributed by atoms with Gasteiger partial charge in [0.15, 0.2) is 12.4 Å². The zero-order valence-electron chi connectivity index (χ0n) is 12.1. The summed E-state index contributed by atoms with van der Waals surface area (Å²) in [5, 5.41) is 3.94. The summed E-state index contributed by atoms with van der Waals surface area (Å²) in [6.45, 7) is 3.38. The fourth-order valence-corrected chi connectivity index (χ4v) is 1.90. The Morgan fingerprint density at radius 3 is 2.76 bits per heavy atom. The zero-order valence-corrected chi connectivity index (χ0v) is 12.1. The molecule has 0 unspecified atom stereocenters. The molecule has 0 bridgehead atoms. The van der Waals surface area contributed by atoms with Gasteiger partial charge in [0, 0.05) is 11.6 Å². The SMILES string of the molecule is CCCCCOc1ccc(-c2cc(COC=O)on2)cc1. The summed E-state index contributed by atoms with van der Waals surface area (Å²) in [5.74, 6) is 1.36. The monoisotopic (exact) mass is 289 g/mol. The third-order valence-electron chi connectivity index (χ3n) is 3.02. The average Bonchev–Trinajstić information content (AvgIpc) is 2.99. The third-order valence-corrected chi connectivity index (χ3v) is 3.02. The predicted octanol–water partition coefficient (Wildman–Crippen LogP) is 3.58. The minimum Gasteiger partial charge on any atom is -0.494 e. The first kappa shape index (κ1) is 15.1. The number of benzene rings is 1. The number of aromatic nitrogens is 1. The molecule has 0 N–H and O–H groups in total. The van der Waals surface area contributed by atoms with Gasteiger partial charge in [0.25, 0.3) is 6.47 Å². The van der Waals surface area contributed by atoms with Crippen LogP contribution in [0, 0.1) is 0 Å². The van der Waals surface area contributed by atoms with Gasteiger partial charge in [0.2, 0.25) is 0 Å². The summed E-state index contributed by atoms with van der Waals surface area (Å²) >= 11 is 0. The van der Waals surface area contributed by atoms with E-state index in [2.05, 4.69) is 16.8 Å². The number of carbonyl (C=O) groups excluding carboxylic acids is 1. The average molecular weight is 289 g/mol. The molecule has 5 heteroatoms. The standard InChI is InChI=1S/C16H19NO4/c1-2-3-4-9-20-14-7-5-13(6-8-14)16-10-15(21-17-16)11-19-12-18/h5-8,10,12H,2-4,9,11H2,1H3. The van der Waals surface area contributed by atoms with Gasteiger partial charge in [-0.05, 0) is 30.7 Å². The van der Waals surface area contributed by atoms with Crippen LogP contribution in [0.3, 0.4) is 0 Å². The van der Waals surface area contributed by atoms with Gasteiger partial charge in [-0.3, -0.25) is 4.79 Å². The van der Waals surface area contributed by atoms with Crippen LogP contribution in [0.2, 0.25) is 0 Å². The number of nitrogens with zero attached hydrogens (tertiary/aromatic N) is 1. The van der Waals surface area contributed by atoms with Gasteiger partial charge in [0.1, 0.15) is 11.4 Å². The zero-order chi connectivity index (χ0) is 14.9. The van der Waals surface area contributed by atoms with Crippen molar-refractivity contribution in [3.8, 4) is 17.0 Å². The van der Waals surface area contributed by atoms with Crippen LogP contribution in [0.1, 0.15) is 31.9 Å². The molecule has 1 heterocycles. The second kappa shape index (κ2) is 8.09. The minimum absolute atomic E-state index is 0.0924. The molecule has 0 aliphatic carbocycles. The van der Waals surface area contributed by atoms with Crippen molar-refractivity contribution in [3.05, 3.63) is 36.1 Å². The third kappa shape index (κ3) is 4.63. The molecule has 1 aromatic carbocycles. The molecule has 0 aliphatic rings. The number of rotatable bonds is 9. The van der Waals surface area contributed by atoms with E-state index in [1.54, 1.807) is 6.07 Å². The van der Waals surface area contributed by atoms with E-state index in [-0.39, 0.29) is 6.61 Å². The molecule has 112 valence electrons. The Balaban J connectivity index is 1.91. The highest BCUT2D eigenvalue weighted by Crippen LogP contribution is 2.22. The topological polar surface area (TPSA) is 61.6 Å². The van der Waals surface area contributed by atoms with Crippen molar-refractivity contribution in [3.63, 3.8) is 0 Å². The summed E-state index contributed by atoms with van der Waals surface area (Å²) in [4.78, 5) is 10.1. The van der Waals surface area contributed by atoms with E-state index < -0.39 is 0 Å². The van der Waals surface area contributed by atoms with Gasteiger partial charge in [-0.1, -0.05) is 24.9 Å². The van der Waals surface area contributed by atoms with Crippen molar-refractivity contribution in [1.29, 1.82) is 0 Å². The number of hydrogen-bond donors (Lipinski definition) is 0. The molecule has 5 nitrogen and oxygen atoms in total. The van der Waals surface area contributed by atoms with Crippen LogP contribution >= 0.6 is 0 Å². The highest BCUT2D eigenvalue weighted by atomic mass is 16.5. The van der Waals surface area contributed by atoms with Crippen LogP contribution < -0.4 is 4.74 Å². The summed E-state index contributed by atoms with van der Waals surface area (Å²) in [5.41, 5.74) is 1.63. The van der Waals surface area contributed by atoms with Gasteiger partial charge in [0.05, 0.1) is 6.61 Å². The maximum Gasteiger partial charge on any atom is 0.293 e. The summed E-state index contributed by atoms with van der Waals surface area (Å²) < 4.78 is 15.4. The highest BCUT2D eigenvalue weighted by Gasteiger charge is 2.07. The lowest BCUT2D eigenvalue weighted by Gasteiger charge is -2.05. The Kier molecular flexibility index (Phi) is 5.82. The van der Waals surface area contributed by atoms with E-state index in [1.165, 1.54) is 12.8 Å². The molecular weight excluding hydrogens is 270 g/mol. The second-order valence-corrected chi connectivity index (χ2v) is 4.67. The quantitative estimate of drug-likeness (QED) is 0.521. The molecule has 0 fully saturated rings. The fraction of sp³-hybridized carbons (Fsp3) is 0.375. The molecule has 0 amide bonds. The number of unbranched alkanes of at least 4 members (excludes halogenated alkanes) is 2. The van der Waals surface area contributed by atoms with E-state index in [0.29, 0.717) is 17.9 Å². The molecular formula is C16H19NO4. The van der Waals surface area contributed by atoms with Crippen molar-refractivity contribution in [2.75, 3.05) is 6.61 Å². The molecule has 0 spiro atoms. The van der Waals surface area contributed by atoms with E-state index in [0.717, 1.165) is 24.3 Å². The van der Waals surface area contributed by atoms with Crippen molar-refractivity contribution in [2.24, 2.45) is 0 Å². The minimum atomic E-state index is 0.0924. The van der Waals surface area contributed by atoms with Crippen LogP contribution in [0.4, 0.5) is 0 Å². The molecule has 0 radical (unpaired) electrons. The molecule has 2 aromatic rings. The summed E-state index contributed by atoms with van der Waals surface area (Å²) in [7, 11) is 0. The van der Waals surface area contributed by atoms with Crippen LogP contribution in [-0.2, 0) is 16.1 Å². The second-order valence-electron chi connectivity index (χ2n) is 4.67. The maximum absolute atomic E-state index is 10.1. The van der Waals surface area contributed by atoms with Gasteiger partial charge >= 0.3 is 0 Å².